The third-order valence-electron chi connectivity index (χ3n) is 1.60. The molecule has 0 radical (unpaired) electrons. The van der Waals surface area contributed by atoms with Gasteiger partial charge in [-0.05, 0) is 12.1 Å². The van der Waals surface area contributed by atoms with Gasteiger partial charge in [0.2, 0.25) is 9.84 Å². The van der Waals surface area contributed by atoms with Crippen molar-refractivity contribution in [1.29, 1.82) is 0 Å². The molecule has 0 saturated carbocycles. The van der Waals surface area contributed by atoms with E-state index in [1.807, 2.05) is 0 Å². The molecule has 0 aromatic heterocycles. The zero-order chi connectivity index (χ0) is 10.8. The predicted octanol–water partition coefficient (Wildman–Crippen LogP) is 1.09. The number of carbonyl (C=O) groups is 1. The van der Waals surface area contributed by atoms with Crippen LogP contribution in [0.15, 0.2) is 29.2 Å². The summed E-state index contributed by atoms with van der Waals surface area (Å²) in [5.41, 5.74) is -0.412. The maximum Gasteiger partial charge on any atom is 0.337 e. The van der Waals surface area contributed by atoms with E-state index in [1.165, 1.54) is 12.1 Å². The first-order chi connectivity index (χ1) is 6.49. The molecule has 6 heteroatoms. The molecule has 0 atom stereocenters. The second kappa shape index (κ2) is 3.75. The molecule has 0 bridgehead atoms. The Kier molecular flexibility index (Phi) is 2.85. The number of hydrogen-bond acceptors (Lipinski definition) is 3. The van der Waals surface area contributed by atoms with Crippen LogP contribution in [0.4, 0.5) is 4.39 Å². The normalized spacial score (nSPS) is 11.2. The Labute approximate surface area is 79.9 Å². The molecule has 0 saturated heterocycles. The first kappa shape index (κ1) is 10.6. The van der Waals surface area contributed by atoms with Crippen molar-refractivity contribution in [3.8, 4) is 0 Å². The molecule has 0 amide bonds. The minimum absolute atomic E-state index is 0.412. The van der Waals surface area contributed by atoms with Gasteiger partial charge in [0.25, 0.3) is 0 Å². The van der Waals surface area contributed by atoms with Crippen molar-refractivity contribution >= 4 is 15.8 Å². The zero-order valence-electron chi connectivity index (χ0n) is 6.97. The fraction of sp³-hybridized carbons (Fsp3) is 0.125. The minimum Gasteiger partial charge on any atom is -0.478 e. The van der Waals surface area contributed by atoms with Crippen molar-refractivity contribution in [2.75, 3.05) is 6.01 Å². The molecule has 1 rings (SSSR count). The van der Waals surface area contributed by atoms with Gasteiger partial charge in [-0.3, -0.25) is 0 Å². The van der Waals surface area contributed by atoms with Crippen molar-refractivity contribution in [1.82, 2.24) is 0 Å². The number of rotatable bonds is 3. The van der Waals surface area contributed by atoms with E-state index in [-0.39, 0.29) is 0 Å². The van der Waals surface area contributed by atoms with Gasteiger partial charge in [-0.2, -0.15) is 0 Å². The summed E-state index contributed by atoms with van der Waals surface area (Å²) >= 11 is 0. The van der Waals surface area contributed by atoms with Gasteiger partial charge >= 0.3 is 5.97 Å². The predicted molar refractivity (Wildman–Crippen MR) is 46.6 cm³/mol. The van der Waals surface area contributed by atoms with Crippen LogP contribution in [0.3, 0.4) is 0 Å². The van der Waals surface area contributed by atoms with Crippen molar-refractivity contribution in [2.24, 2.45) is 0 Å². The standard InChI is InChI=1S/C8H7FO4S/c9-5-14(12,13)7-4-2-1-3-6(7)8(10)11/h1-4H,5H2,(H,10,11). The third kappa shape index (κ3) is 1.90. The van der Waals surface area contributed by atoms with Crippen molar-refractivity contribution < 1.29 is 22.7 Å². The smallest absolute Gasteiger partial charge is 0.337 e. The highest BCUT2D eigenvalue weighted by molar-refractivity contribution is 7.91. The monoisotopic (exact) mass is 218 g/mol. The molecule has 1 N–H and O–H groups in total. The summed E-state index contributed by atoms with van der Waals surface area (Å²) in [6, 6.07) is 3.30. The molecule has 14 heavy (non-hydrogen) atoms. The SMILES string of the molecule is O=C(O)c1ccccc1S(=O)(=O)CF. The average Bonchev–Trinajstić information content (AvgIpc) is 2.18. The Balaban J connectivity index is 3.42. The second-order valence-electron chi connectivity index (χ2n) is 2.53. The highest BCUT2D eigenvalue weighted by Gasteiger charge is 2.21. The molecule has 0 spiro atoms. The number of aromatic carboxylic acids is 1. The summed E-state index contributed by atoms with van der Waals surface area (Å²) in [6.45, 7) is 0. The molecule has 1 aromatic carbocycles. The van der Waals surface area contributed by atoms with E-state index in [2.05, 4.69) is 0 Å². The van der Waals surface area contributed by atoms with E-state index >= 15 is 0 Å². The summed E-state index contributed by atoms with van der Waals surface area (Å²) in [5, 5.41) is 8.64. The number of halogens is 1. The topological polar surface area (TPSA) is 71.4 Å². The maximum atomic E-state index is 12.1. The van der Waals surface area contributed by atoms with Crippen molar-refractivity contribution in [3.63, 3.8) is 0 Å². The summed E-state index contributed by atoms with van der Waals surface area (Å²) < 4.78 is 34.3. The minimum atomic E-state index is -4.12. The fourth-order valence-electron chi connectivity index (χ4n) is 0.973. The number of sulfone groups is 1. The van der Waals surface area contributed by atoms with Gasteiger partial charge in [0, 0.05) is 0 Å². The Morgan fingerprint density at radius 3 is 2.43 bits per heavy atom. The highest BCUT2D eigenvalue weighted by atomic mass is 32.2. The van der Waals surface area contributed by atoms with Gasteiger partial charge in [-0.25, -0.2) is 17.6 Å². The van der Waals surface area contributed by atoms with E-state index in [4.69, 9.17) is 5.11 Å². The summed E-state index contributed by atoms with van der Waals surface area (Å²) in [4.78, 5) is 10.1. The second-order valence-corrected chi connectivity index (χ2v) is 4.41. The van der Waals surface area contributed by atoms with Crippen LogP contribution >= 0.6 is 0 Å². The van der Waals surface area contributed by atoms with Crippen molar-refractivity contribution in [2.45, 2.75) is 4.90 Å². The van der Waals surface area contributed by atoms with Gasteiger partial charge in [-0.15, -0.1) is 0 Å². The van der Waals surface area contributed by atoms with Crippen LogP contribution in [0.1, 0.15) is 10.4 Å². The van der Waals surface area contributed by atoms with Gasteiger partial charge < -0.3 is 5.11 Å². The molecular weight excluding hydrogens is 211 g/mol. The van der Waals surface area contributed by atoms with Crippen LogP contribution in [0, 0.1) is 0 Å². The van der Waals surface area contributed by atoms with Gasteiger partial charge in [0.15, 0.2) is 6.01 Å². The molecule has 0 aliphatic rings. The lowest BCUT2D eigenvalue weighted by atomic mass is 10.2. The number of carboxylic acid groups (broad SMARTS) is 1. The van der Waals surface area contributed by atoms with Crippen LogP contribution < -0.4 is 0 Å². The highest BCUT2D eigenvalue weighted by Crippen LogP contribution is 2.16. The van der Waals surface area contributed by atoms with Crippen LogP contribution in [-0.4, -0.2) is 25.5 Å². The lowest BCUT2D eigenvalue weighted by Crippen LogP contribution is -2.09. The molecule has 0 aliphatic carbocycles. The van der Waals surface area contributed by atoms with Crippen LogP contribution in [-0.2, 0) is 9.84 Å². The van der Waals surface area contributed by atoms with E-state index < -0.39 is 32.3 Å². The van der Waals surface area contributed by atoms with Crippen LogP contribution in [0.25, 0.3) is 0 Å². The Morgan fingerprint density at radius 1 is 1.36 bits per heavy atom. The zero-order valence-corrected chi connectivity index (χ0v) is 7.79. The Bertz CT molecular complexity index is 452. The van der Waals surface area contributed by atoms with Crippen LogP contribution in [0.2, 0.25) is 0 Å². The average molecular weight is 218 g/mol. The lowest BCUT2D eigenvalue weighted by molar-refractivity contribution is 0.0692. The van der Waals surface area contributed by atoms with E-state index in [0.717, 1.165) is 12.1 Å². The third-order valence-corrected chi connectivity index (χ3v) is 2.91. The first-order valence-electron chi connectivity index (χ1n) is 3.60. The summed E-state index contributed by atoms with van der Waals surface area (Å²) in [7, 11) is -4.12. The first-order valence-corrected chi connectivity index (χ1v) is 5.25. The fourth-order valence-corrected chi connectivity index (χ4v) is 1.87. The van der Waals surface area contributed by atoms with Gasteiger partial charge in [0.1, 0.15) is 0 Å². The molecule has 0 heterocycles. The number of benzene rings is 1. The molecule has 0 aliphatic heterocycles. The molecular formula is C8H7FO4S. The maximum absolute atomic E-state index is 12.1. The molecule has 1 aromatic rings. The Morgan fingerprint density at radius 2 is 1.93 bits per heavy atom. The number of hydrogen-bond donors (Lipinski definition) is 1. The summed E-state index contributed by atoms with van der Waals surface area (Å²) in [6.07, 6.45) is 0. The number of carboxylic acids is 1. The summed E-state index contributed by atoms with van der Waals surface area (Å²) in [5.74, 6) is -1.39. The molecule has 0 fully saturated rings. The van der Waals surface area contributed by atoms with E-state index in [9.17, 15) is 17.6 Å². The van der Waals surface area contributed by atoms with E-state index in [1.54, 1.807) is 0 Å². The quantitative estimate of drug-likeness (QED) is 0.824. The van der Waals surface area contributed by atoms with E-state index in [0.29, 0.717) is 0 Å². The molecule has 0 unspecified atom stereocenters. The van der Waals surface area contributed by atoms with Crippen molar-refractivity contribution in [3.05, 3.63) is 29.8 Å². The molecule has 76 valence electrons. The van der Waals surface area contributed by atoms with Crippen LogP contribution in [0.5, 0.6) is 0 Å². The molecule has 4 nitrogen and oxygen atoms in total. The Hall–Kier alpha value is -1.43. The van der Waals surface area contributed by atoms with Gasteiger partial charge in [-0.1, -0.05) is 12.1 Å². The lowest BCUT2D eigenvalue weighted by Gasteiger charge is -2.03. The van der Waals surface area contributed by atoms with Gasteiger partial charge in [0.05, 0.1) is 10.5 Å². The largest absolute Gasteiger partial charge is 0.478 e. The number of alkyl halides is 1.